The molecule has 1 aliphatic heterocycles. The molecular formula is C20H27ClN6O5. The number of amides is 1. The fraction of sp³-hybridized carbons (Fsp3) is 0.450. The first-order valence-electron chi connectivity index (χ1n) is 9.84. The third-order valence-corrected chi connectivity index (χ3v) is 5.10. The second-order valence-corrected chi connectivity index (χ2v) is 8.08. The molecule has 0 spiro atoms. The third kappa shape index (κ3) is 4.68. The highest BCUT2D eigenvalue weighted by atomic mass is 35.5. The number of aromatic nitrogens is 2. The lowest BCUT2D eigenvalue weighted by Gasteiger charge is -2.29. The number of ether oxygens (including phenoxy) is 1. The largest absolute Gasteiger partial charge is 0.448 e. The van der Waals surface area contributed by atoms with Crippen molar-refractivity contribution in [1.82, 2.24) is 15.1 Å². The predicted octanol–water partition coefficient (Wildman–Crippen LogP) is 2.92. The number of nitro benzene ring substituents is 1. The number of carbonyl (C=O) groups excluding carboxylic acids is 2. The zero-order chi connectivity index (χ0) is 22.9. The second kappa shape index (κ2) is 9.53. The van der Waals surface area contributed by atoms with Crippen LogP contribution in [0.2, 0.25) is 0 Å². The molecule has 2 aromatic rings. The topological polar surface area (TPSA) is 132 Å². The van der Waals surface area contributed by atoms with E-state index >= 15 is 0 Å². The maximum Gasteiger partial charge on any atom is 0.436 e. The molecule has 2 N–H and O–H groups in total. The summed E-state index contributed by atoms with van der Waals surface area (Å²) in [5.41, 5.74) is 1.05. The maximum atomic E-state index is 13.1. The highest BCUT2D eigenvalue weighted by Gasteiger charge is 2.36. The van der Waals surface area contributed by atoms with Crippen molar-refractivity contribution in [2.24, 2.45) is 0 Å². The van der Waals surface area contributed by atoms with Crippen LogP contribution in [0, 0.1) is 10.1 Å². The number of halogens is 1. The summed E-state index contributed by atoms with van der Waals surface area (Å²) in [6.07, 6.45) is -0.736. The van der Waals surface area contributed by atoms with Crippen molar-refractivity contribution in [3.05, 3.63) is 45.1 Å². The summed E-state index contributed by atoms with van der Waals surface area (Å²) >= 11 is 0. The molecule has 11 nitrogen and oxygen atoms in total. The molecule has 174 valence electrons. The van der Waals surface area contributed by atoms with Gasteiger partial charge in [0.2, 0.25) is 0 Å². The number of rotatable bonds is 5. The summed E-state index contributed by atoms with van der Waals surface area (Å²) in [6, 6.07) is 4.34. The highest BCUT2D eigenvalue weighted by molar-refractivity contribution is 6.08. The van der Waals surface area contributed by atoms with Crippen molar-refractivity contribution in [2.75, 3.05) is 37.5 Å². The van der Waals surface area contributed by atoms with Gasteiger partial charge in [-0.15, -0.1) is 17.1 Å². The number of nitrogens with one attached hydrogen (secondary N) is 2. The fourth-order valence-electron chi connectivity index (χ4n) is 3.51. The predicted molar refractivity (Wildman–Crippen MR) is 122 cm³/mol. The van der Waals surface area contributed by atoms with Gasteiger partial charge in [-0.3, -0.25) is 14.9 Å². The summed E-state index contributed by atoms with van der Waals surface area (Å²) in [5, 5.41) is 21.9. The van der Waals surface area contributed by atoms with E-state index in [2.05, 4.69) is 15.7 Å². The molecule has 0 aliphatic carbocycles. The molecule has 1 aromatic heterocycles. The van der Waals surface area contributed by atoms with E-state index in [1.165, 1.54) is 12.1 Å². The van der Waals surface area contributed by atoms with Crippen LogP contribution < -0.4 is 15.5 Å². The van der Waals surface area contributed by atoms with Gasteiger partial charge in [0.25, 0.3) is 11.6 Å². The Kier molecular flexibility index (Phi) is 7.47. The second-order valence-electron chi connectivity index (χ2n) is 8.08. The number of fused-ring (bicyclic) bond motifs is 1. The average Bonchev–Trinajstić information content (AvgIpc) is 3.07. The molecule has 0 saturated heterocycles. The third-order valence-electron chi connectivity index (χ3n) is 5.10. The van der Waals surface area contributed by atoms with Crippen molar-refractivity contribution in [3.63, 3.8) is 0 Å². The monoisotopic (exact) mass is 466 g/mol. The molecule has 0 radical (unpaired) electrons. The normalized spacial score (nSPS) is 14.0. The molecule has 1 amide bonds. The number of nitro groups is 1. The molecule has 1 aromatic carbocycles. The van der Waals surface area contributed by atoms with E-state index in [1.807, 2.05) is 13.8 Å². The molecule has 0 bridgehead atoms. The summed E-state index contributed by atoms with van der Waals surface area (Å²) in [4.78, 5) is 38.2. The van der Waals surface area contributed by atoms with Gasteiger partial charge in [-0.05, 0) is 19.1 Å². The van der Waals surface area contributed by atoms with Gasteiger partial charge < -0.3 is 20.3 Å². The van der Waals surface area contributed by atoms with Crippen LogP contribution in [0.1, 0.15) is 42.4 Å². The molecule has 0 atom stereocenters. The molecular weight excluding hydrogens is 440 g/mol. The number of benzene rings is 1. The van der Waals surface area contributed by atoms with Crippen LogP contribution in [0.3, 0.4) is 0 Å². The smallest absolute Gasteiger partial charge is 0.436 e. The number of hydrogen-bond acceptors (Lipinski definition) is 8. The van der Waals surface area contributed by atoms with E-state index in [9.17, 15) is 19.7 Å². The average molecular weight is 467 g/mol. The van der Waals surface area contributed by atoms with Crippen LogP contribution in [0.4, 0.5) is 22.0 Å². The van der Waals surface area contributed by atoms with Gasteiger partial charge in [-0.25, -0.2) is 4.79 Å². The first-order valence-corrected chi connectivity index (χ1v) is 9.84. The van der Waals surface area contributed by atoms with Gasteiger partial charge in [0.15, 0.2) is 0 Å². The minimum atomic E-state index is -0.736. The van der Waals surface area contributed by atoms with E-state index in [1.54, 1.807) is 32.0 Å². The lowest BCUT2D eigenvalue weighted by molar-refractivity contribution is -0.385. The van der Waals surface area contributed by atoms with Crippen molar-refractivity contribution >= 4 is 41.6 Å². The Morgan fingerprint density at radius 3 is 2.66 bits per heavy atom. The Labute approximate surface area is 191 Å². The number of carbonyl (C=O) groups is 2. The van der Waals surface area contributed by atoms with Gasteiger partial charge >= 0.3 is 6.09 Å². The van der Waals surface area contributed by atoms with E-state index in [4.69, 9.17) is 4.74 Å². The molecule has 0 fully saturated rings. The van der Waals surface area contributed by atoms with Crippen molar-refractivity contribution in [3.8, 4) is 0 Å². The number of hydrogen-bond donors (Lipinski definition) is 2. The van der Waals surface area contributed by atoms with E-state index in [0.29, 0.717) is 30.0 Å². The molecule has 0 unspecified atom stereocenters. The zero-order valence-electron chi connectivity index (χ0n) is 18.6. The van der Waals surface area contributed by atoms with E-state index in [0.717, 1.165) is 4.68 Å². The Morgan fingerprint density at radius 2 is 2.06 bits per heavy atom. The summed E-state index contributed by atoms with van der Waals surface area (Å²) in [6.45, 7) is 6.77. The molecule has 0 saturated carbocycles. The maximum absolute atomic E-state index is 13.1. The summed E-state index contributed by atoms with van der Waals surface area (Å²) in [5.74, 6) is -0.571. The van der Waals surface area contributed by atoms with Crippen LogP contribution >= 0.6 is 12.4 Å². The Balaban J connectivity index is 0.00000363. The van der Waals surface area contributed by atoms with Crippen LogP contribution in [0.15, 0.2) is 18.2 Å². The molecule has 3 rings (SSSR count). The van der Waals surface area contributed by atoms with Crippen LogP contribution in [0.5, 0.6) is 0 Å². The van der Waals surface area contributed by atoms with Crippen molar-refractivity contribution in [1.29, 1.82) is 0 Å². The highest BCUT2D eigenvalue weighted by Crippen LogP contribution is 2.34. The minimum Gasteiger partial charge on any atom is -0.448 e. The quantitative estimate of drug-likeness (QED) is 0.507. The molecule has 12 heteroatoms. The zero-order valence-corrected chi connectivity index (χ0v) is 19.4. The lowest BCUT2D eigenvalue weighted by Crippen LogP contribution is -2.38. The van der Waals surface area contributed by atoms with Crippen LogP contribution in [-0.4, -0.2) is 54.0 Å². The number of nitrogens with zero attached hydrogens (tertiary/aromatic N) is 4. The van der Waals surface area contributed by atoms with Crippen molar-refractivity contribution in [2.45, 2.75) is 32.7 Å². The molecule has 2 heterocycles. The molecule has 32 heavy (non-hydrogen) atoms. The Bertz CT molecular complexity index is 1050. The van der Waals surface area contributed by atoms with Crippen LogP contribution in [0.25, 0.3) is 0 Å². The Morgan fingerprint density at radius 1 is 1.38 bits per heavy atom. The first kappa shape index (κ1) is 25.1. The van der Waals surface area contributed by atoms with Gasteiger partial charge in [-0.1, -0.05) is 13.8 Å². The standard InChI is InChI=1S/C20H26N6O5.ClH/c1-6-31-19(28)25-17(14-10-21-11-20(2,3)16(14)23-25)22-18(27)13-8-7-12(24(4)5)9-15(13)26(29)30;/h7-9,21H,6,10-11H2,1-5H3,(H,22,27);1H. The summed E-state index contributed by atoms with van der Waals surface area (Å²) < 4.78 is 6.10. The lowest BCUT2D eigenvalue weighted by atomic mass is 9.84. The Hall–Kier alpha value is -3.18. The van der Waals surface area contributed by atoms with Crippen LogP contribution in [-0.2, 0) is 16.7 Å². The molecule has 1 aliphatic rings. The fourth-order valence-corrected chi connectivity index (χ4v) is 3.51. The van der Waals surface area contributed by atoms with E-state index in [-0.39, 0.29) is 41.5 Å². The van der Waals surface area contributed by atoms with Gasteiger partial charge in [-0.2, -0.15) is 5.10 Å². The van der Waals surface area contributed by atoms with Crippen molar-refractivity contribution < 1.29 is 19.2 Å². The van der Waals surface area contributed by atoms with Gasteiger partial charge in [0.05, 0.1) is 17.2 Å². The van der Waals surface area contributed by atoms with E-state index < -0.39 is 16.9 Å². The number of anilines is 2. The van der Waals surface area contributed by atoms with Gasteiger partial charge in [0, 0.05) is 49.9 Å². The van der Waals surface area contributed by atoms with Gasteiger partial charge in [0.1, 0.15) is 11.4 Å². The summed E-state index contributed by atoms with van der Waals surface area (Å²) in [7, 11) is 3.50. The first-order chi connectivity index (χ1) is 14.6. The minimum absolute atomic E-state index is 0. The SMILES string of the molecule is CCOC(=O)n1nc2c(c1NC(=O)c1ccc(N(C)C)cc1[N+](=O)[O-])CNCC2(C)C.Cl.